The Balaban J connectivity index is 3.01. The molecule has 0 nitrogen and oxygen atoms in total. The van der Waals surface area contributed by atoms with E-state index >= 15 is 0 Å². The average Bonchev–Trinajstić information content (AvgIpc) is 2.26. The summed E-state index contributed by atoms with van der Waals surface area (Å²) in [5, 5.41) is 0. The number of rotatable bonds is 4. The lowest BCUT2D eigenvalue weighted by Gasteiger charge is -2.35. The van der Waals surface area contributed by atoms with Gasteiger partial charge in [-0.1, -0.05) is 61.4 Å². The molecule has 1 aliphatic carbocycles. The molecule has 0 unspecified atom stereocenters. The van der Waals surface area contributed by atoms with Crippen LogP contribution in [0.3, 0.4) is 0 Å². The van der Waals surface area contributed by atoms with Crippen molar-refractivity contribution in [1.29, 1.82) is 0 Å². The maximum atomic E-state index is 5.63. The molecule has 0 aromatic heterocycles. The molecule has 1 rings (SSSR count). The lowest BCUT2D eigenvalue weighted by atomic mass is 9.70. The van der Waals surface area contributed by atoms with Crippen molar-refractivity contribution in [2.75, 3.05) is 0 Å². The maximum Gasteiger partial charge on any atom is -0.0101 e. The molecule has 0 atom stereocenters. The predicted octanol–water partition coefficient (Wildman–Crippen LogP) is 6.34. The fourth-order valence-electron chi connectivity index (χ4n) is 3.31. The Kier molecular flexibility index (Phi) is 5.80. The van der Waals surface area contributed by atoms with Crippen LogP contribution in [-0.4, -0.2) is 0 Å². The zero-order valence-corrected chi connectivity index (χ0v) is 14.0. The van der Waals surface area contributed by atoms with Crippen LogP contribution in [0.1, 0.15) is 60.8 Å². The van der Waals surface area contributed by atoms with Crippen LogP contribution in [-0.2, 0) is 0 Å². The van der Waals surface area contributed by atoms with Crippen LogP contribution in [0.4, 0.5) is 0 Å². The third kappa shape index (κ3) is 4.67. The van der Waals surface area contributed by atoms with E-state index in [4.69, 9.17) is 6.58 Å². The van der Waals surface area contributed by atoms with E-state index in [9.17, 15) is 0 Å². The topological polar surface area (TPSA) is 0 Å². The minimum absolute atomic E-state index is 0.306. The van der Waals surface area contributed by atoms with Gasteiger partial charge in [0.1, 0.15) is 0 Å². The molecule has 0 bridgehead atoms. The zero-order chi connectivity index (χ0) is 15.3. The first-order valence-corrected chi connectivity index (χ1v) is 7.57. The first-order chi connectivity index (χ1) is 9.24. The Morgan fingerprint density at radius 2 is 1.85 bits per heavy atom. The third-order valence-corrected chi connectivity index (χ3v) is 4.01. The van der Waals surface area contributed by atoms with Crippen LogP contribution >= 0.6 is 0 Å². The van der Waals surface area contributed by atoms with Crippen molar-refractivity contribution in [3.05, 3.63) is 58.7 Å². The molecule has 0 heterocycles. The van der Waals surface area contributed by atoms with Crippen LogP contribution in [0.25, 0.3) is 0 Å². The van der Waals surface area contributed by atoms with Crippen molar-refractivity contribution in [3.8, 4) is 0 Å². The van der Waals surface area contributed by atoms with Crippen molar-refractivity contribution in [2.45, 2.75) is 60.8 Å². The van der Waals surface area contributed by atoms with E-state index in [0.717, 1.165) is 5.57 Å². The van der Waals surface area contributed by atoms with Crippen molar-refractivity contribution in [2.24, 2.45) is 5.41 Å². The van der Waals surface area contributed by atoms with E-state index in [1.165, 1.54) is 30.4 Å². The Morgan fingerprint density at radius 3 is 2.40 bits per heavy atom. The van der Waals surface area contributed by atoms with Gasteiger partial charge < -0.3 is 0 Å². The highest BCUT2D eigenvalue weighted by molar-refractivity contribution is 5.43. The maximum absolute atomic E-state index is 5.63. The molecule has 0 aromatic carbocycles. The molecule has 1 radical (unpaired) electrons. The summed E-state index contributed by atoms with van der Waals surface area (Å²) in [6.45, 7) is 18.9. The summed E-state index contributed by atoms with van der Waals surface area (Å²) >= 11 is 0. The lowest BCUT2D eigenvalue weighted by Crippen LogP contribution is -2.21. The van der Waals surface area contributed by atoms with Crippen molar-refractivity contribution >= 4 is 0 Å². The molecular formula is C20H29. The summed E-state index contributed by atoms with van der Waals surface area (Å²) in [6, 6.07) is 0. The van der Waals surface area contributed by atoms with E-state index in [-0.39, 0.29) is 0 Å². The Bertz CT molecular complexity index is 490. The average molecular weight is 269 g/mol. The molecule has 0 heteroatoms. The van der Waals surface area contributed by atoms with Crippen LogP contribution < -0.4 is 0 Å². The van der Waals surface area contributed by atoms with Crippen molar-refractivity contribution in [1.82, 2.24) is 0 Å². The highest BCUT2D eigenvalue weighted by atomic mass is 14.3. The second kappa shape index (κ2) is 6.92. The van der Waals surface area contributed by atoms with Gasteiger partial charge in [-0.2, -0.15) is 0 Å². The second-order valence-electron chi connectivity index (χ2n) is 6.73. The molecule has 0 aliphatic heterocycles. The summed E-state index contributed by atoms with van der Waals surface area (Å²) in [5.74, 6) is 0. The predicted molar refractivity (Wildman–Crippen MR) is 90.5 cm³/mol. The SMILES string of the molecule is [CH]=C(C)/C=C/C=C(C)/C=C(/C)C1=C(C)CCCC1(C)C. The van der Waals surface area contributed by atoms with Gasteiger partial charge in [0.2, 0.25) is 0 Å². The van der Waals surface area contributed by atoms with Crippen molar-refractivity contribution < 1.29 is 0 Å². The molecule has 20 heavy (non-hydrogen) atoms. The van der Waals surface area contributed by atoms with Gasteiger partial charge in [0.05, 0.1) is 0 Å². The zero-order valence-electron chi connectivity index (χ0n) is 14.0. The summed E-state index contributed by atoms with van der Waals surface area (Å²) in [6.07, 6.45) is 12.2. The molecule has 0 aromatic rings. The quantitative estimate of drug-likeness (QED) is 0.522. The van der Waals surface area contributed by atoms with E-state index in [2.05, 4.69) is 46.8 Å². The molecule has 109 valence electrons. The van der Waals surface area contributed by atoms with Gasteiger partial charge in [0, 0.05) is 0 Å². The fourth-order valence-corrected chi connectivity index (χ4v) is 3.31. The minimum Gasteiger partial charge on any atom is -0.0693 e. The van der Waals surface area contributed by atoms with Gasteiger partial charge in [0.15, 0.2) is 0 Å². The second-order valence-corrected chi connectivity index (χ2v) is 6.73. The number of allylic oxidation sites excluding steroid dienone is 9. The van der Waals surface area contributed by atoms with Crippen LogP contribution in [0.15, 0.2) is 52.2 Å². The van der Waals surface area contributed by atoms with Gasteiger partial charge in [-0.15, -0.1) is 0 Å². The number of hydrogen-bond acceptors (Lipinski definition) is 0. The van der Waals surface area contributed by atoms with Gasteiger partial charge in [0.25, 0.3) is 0 Å². The molecule has 0 amide bonds. The summed E-state index contributed by atoms with van der Waals surface area (Å²) in [7, 11) is 0. The first-order valence-electron chi connectivity index (χ1n) is 7.57. The Hall–Kier alpha value is -1.30. The standard InChI is InChI=1S/C20H29/c1-15(2)10-8-11-16(3)14-18(5)19-17(4)12-9-13-20(19,6)7/h1,8,10-11,14H,9,12-13H2,2-7H3/b10-8+,15-1?,16-11+,18-14-. The summed E-state index contributed by atoms with van der Waals surface area (Å²) in [4.78, 5) is 0. The molecule has 1 aliphatic rings. The molecule has 0 fully saturated rings. The fraction of sp³-hybridized carbons (Fsp3) is 0.500. The van der Waals surface area contributed by atoms with Gasteiger partial charge in [-0.25, -0.2) is 0 Å². The molecule has 0 N–H and O–H groups in total. The molecular weight excluding hydrogens is 240 g/mol. The monoisotopic (exact) mass is 269 g/mol. The third-order valence-electron chi connectivity index (χ3n) is 4.01. The van der Waals surface area contributed by atoms with Gasteiger partial charge in [-0.05, 0) is 63.5 Å². The normalized spacial score (nSPS) is 20.7. The largest absolute Gasteiger partial charge is 0.0693 e. The van der Waals surface area contributed by atoms with E-state index in [1.807, 2.05) is 19.1 Å². The first kappa shape index (κ1) is 16.8. The van der Waals surface area contributed by atoms with Crippen LogP contribution in [0, 0.1) is 12.0 Å². The molecule has 0 spiro atoms. The Morgan fingerprint density at radius 1 is 1.20 bits per heavy atom. The van der Waals surface area contributed by atoms with E-state index < -0.39 is 0 Å². The van der Waals surface area contributed by atoms with E-state index in [1.54, 1.807) is 11.1 Å². The van der Waals surface area contributed by atoms with Crippen LogP contribution in [0.2, 0.25) is 0 Å². The highest BCUT2D eigenvalue weighted by Gasteiger charge is 2.28. The van der Waals surface area contributed by atoms with Crippen molar-refractivity contribution in [3.63, 3.8) is 0 Å². The summed E-state index contributed by atoms with van der Waals surface area (Å²) in [5.41, 5.74) is 6.93. The molecule has 0 saturated heterocycles. The smallest absolute Gasteiger partial charge is 0.0101 e. The lowest BCUT2D eigenvalue weighted by molar-refractivity contribution is 0.372. The number of hydrogen-bond donors (Lipinski definition) is 0. The minimum atomic E-state index is 0.306. The summed E-state index contributed by atoms with van der Waals surface area (Å²) < 4.78 is 0. The van der Waals surface area contributed by atoms with E-state index in [0.29, 0.717) is 5.41 Å². The van der Waals surface area contributed by atoms with Gasteiger partial charge >= 0.3 is 0 Å². The van der Waals surface area contributed by atoms with Crippen LogP contribution in [0.5, 0.6) is 0 Å². The molecule has 0 saturated carbocycles. The van der Waals surface area contributed by atoms with Gasteiger partial charge in [-0.3, -0.25) is 0 Å². The highest BCUT2D eigenvalue weighted by Crippen LogP contribution is 2.43. The Labute approximate surface area is 125 Å².